The van der Waals surface area contributed by atoms with Crippen molar-refractivity contribution in [2.75, 3.05) is 19.8 Å². The Balaban J connectivity index is 2.07. The molecule has 0 radical (unpaired) electrons. The van der Waals surface area contributed by atoms with Crippen LogP contribution in [0, 0.1) is 0 Å². The van der Waals surface area contributed by atoms with Gasteiger partial charge in [-0.2, -0.15) is 0 Å². The van der Waals surface area contributed by atoms with E-state index in [1.807, 2.05) is 0 Å². The molecule has 78 valence electrons. The summed E-state index contributed by atoms with van der Waals surface area (Å²) in [5, 5.41) is 12.2. The molecule has 0 spiro atoms. The SMILES string of the molecule is CC(CCCO)NC1CCCOC1. The summed E-state index contributed by atoms with van der Waals surface area (Å²) in [5.41, 5.74) is 0. The summed E-state index contributed by atoms with van der Waals surface area (Å²) in [6, 6.07) is 1.03. The topological polar surface area (TPSA) is 41.5 Å². The second-order valence-electron chi connectivity index (χ2n) is 3.85. The molecule has 1 saturated heterocycles. The average Bonchev–Trinajstić information content (AvgIpc) is 2.16. The van der Waals surface area contributed by atoms with E-state index in [-0.39, 0.29) is 0 Å². The second kappa shape index (κ2) is 6.35. The molecule has 0 bridgehead atoms. The molecule has 1 aliphatic rings. The van der Waals surface area contributed by atoms with E-state index in [4.69, 9.17) is 9.84 Å². The summed E-state index contributed by atoms with van der Waals surface area (Å²) in [7, 11) is 0. The molecule has 0 saturated carbocycles. The van der Waals surface area contributed by atoms with Gasteiger partial charge in [0.25, 0.3) is 0 Å². The zero-order valence-electron chi connectivity index (χ0n) is 8.46. The van der Waals surface area contributed by atoms with Crippen LogP contribution in [0.25, 0.3) is 0 Å². The lowest BCUT2D eigenvalue weighted by molar-refractivity contribution is 0.0664. The van der Waals surface area contributed by atoms with E-state index < -0.39 is 0 Å². The van der Waals surface area contributed by atoms with Crippen LogP contribution in [0.15, 0.2) is 0 Å². The Bertz CT molecular complexity index is 124. The first-order chi connectivity index (χ1) is 6.33. The predicted molar refractivity (Wildman–Crippen MR) is 52.8 cm³/mol. The van der Waals surface area contributed by atoms with Crippen molar-refractivity contribution in [1.29, 1.82) is 0 Å². The lowest BCUT2D eigenvalue weighted by Gasteiger charge is -2.26. The fraction of sp³-hybridized carbons (Fsp3) is 1.00. The van der Waals surface area contributed by atoms with Gasteiger partial charge < -0.3 is 15.2 Å². The maximum atomic E-state index is 8.67. The molecular formula is C10H21NO2. The summed E-state index contributed by atoms with van der Waals surface area (Å²) >= 11 is 0. The lowest BCUT2D eigenvalue weighted by Crippen LogP contribution is -2.41. The van der Waals surface area contributed by atoms with Gasteiger partial charge in [-0.15, -0.1) is 0 Å². The van der Waals surface area contributed by atoms with Crippen molar-refractivity contribution in [2.45, 2.75) is 44.7 Å². The van der Waals surface area contributed by atoms with E-state index in [1.165, 1.54) is 12.8 Å². The minimum absolute atomic E-state index is 0.299. The molecule has 0 aromatic rings. The number of nitrogens with one attached hydrogen (secondary N) is 1. The van der Waals surface area contributed by atoms with Gasteiger partial charge in [0.1, 0.15) is 0 Å². The van der Waals surface area contributed by atoms with Crippen LogP contribution >= 0.6 is 0 Å². The lowest BCUT2D eigenvalue weighted by atomic mass is 10.1. The minimum atomic E-state index is 0.299. The van der Waals surface area contributed by atoms with E-state index >= 15 is 0 Å². The molecule has 13 heavy (non-hydrogen) atoms. The van der Waals surface area contributed by atoms with Crippen molar-refractivity contribution in [3.8, 4) is 0 Å². The van der Waals surface area contributed by atoms with Gasteiger partial charge in [0.15, 0.2) is 0 Å². The van der Waals surface area contributed by atoms with E-state index in [0.29, 0.717) is 18.7 Å². The fourth-order valence-electron chi connectivity index (χ4n) is 1.76. The average molecular weight is 187 g/mol. The summed E-state index contributed by atoms with van der Waals surface area (Å²) in [4.78, 5) is 0. The van der Waals surface area contributed by atoms with Crippen LogP contribution in [0.3, 0.4) is 0 Å². The maximum Gasteiger partial charge on any atom is 0.0619 e. The first kappa shape index (κ1) is 11.0. The molecule has 2 unspecified atom stereocenters. The van der Waals surface area contributed by atoms with Crippen LogP contribution in [0.2, 0.25) is 0 Å². The third-order valence-corrected chi connectivity index (χ3v) is 2.48. The molecule has 0 aliphatic carbocycles. The molecule has 1 fully saturated rings. The molecule has 0 aromatic heterocycles. The van der Waals surface area contributed by atoms with Gasteiger partial charge in [-0.3, -0.25) is 0 Å². The molecule has 1 heterocycles. The van der Waals surface area contributed by atoms with Crippen LogP contribution in [0.1, 0.15) is 32.6 Å². The fourth-order valence-corrected chi connectivity index (χ4v) is 1.76. The Hall–Kier alpha value is -0.120. The van der Waals surface area contributed by atoms with E-state index in [1.54, 1.807) is 0 Å². The molecule has 0 amide bonds. The highest BCUT2D eigenvalue weighted by Gasteiger charge is 2.15. The third-order valence-electron chi connectivity index (χ3n) is 2.48. The van der Waals surface area contributed by atoms with Gasteiger partial charge in [-0.1, -0.05) is 0 Å². The van der Waals surface area contributed by atoms with Gasteiger partial charge in [-0.05, 0) is 32.6 Å². The van der Waals surface area contributed by atoms with Gasteiger partial charge in [-0.25, -0.2) is 0 Å². The molecule has 1 rings (SSSR count). The quantitative estimate of drug-likeness (QED) is 0.672. The molecule has 0 aromatic carbocycles. The monoisotopic (exact) mass is 187 g/mol. The van der Waals surface area contributed by atoms with Crippen molar-refractivity contribution in [1.82, 2.24) is 5.32 Å². The van der Waals surface area contributed by atoms with Gasteiger partial charge >= 0.3 is 0 Å². The molecule has 3 heteroatoms. The summed E-state index contributed by atoms with van der Waals surface area (Å²) < 4.78 is 5.38. The van der Waals surface area contributed by atoms with Gasteiger partial charge in [0.05, 0.1) is 6.61 Å². The number of aliphatic hydroxyl groups is 1. The Labute approximate surface area is 80.5 Å². The highest BCUT2D eigenvalue weighted by Crippen LogP contribution is 2.07. The van der Waals surface area contributed by atoms with Crippen molar-refractivity contribution >= 4 is 0 Å². The standard InChI is InChI=1S/C10H21NO2/c1-9(4-2-6-12)11-10-5-3-7-13-8-10/h9-12H,2-8H2,1H3. The number of hydrogen-bond donors (Lipinski definition) is 2. The van der Waals surface area contributed by atoms with Crippen molar-refractivity contribution in [2.24, 2.45) is 0 Å². The van der Waals surface area contributed by atoms with Gasteiger partial charge in [0, 0.05) is 25.3 Å². The molecular weight excluding hydrogens is 166 g/mol. The largest absolute Gasteiger partial charge is 0.396 e. The second-order valence-corrected chi connectivity index (χ2v) is 3.85. The first-order valence-corrected chi connectivity index (χ1v) is 5.27. The molecule has 2 atom stereocenters. The normalized spacial score (nSPS) is 25.8. The Morgan fingerprint density at radius 2 is 2.46 bits per heavy atom. The number of rotatable bonds is 5. The highest BCUT2D eigenvalue weighted by atomic mass is 16.5. The zero-order valence-corrected chi connectivity index (χ0v) is 8.46. The van der Waals surface area contributed by atoms with Crippen LogP contribution < -0.4 is 5.32 Å². The first-order valence-electron chi connectivity index (χ1n) is 5.27. The summed E-state index contributed by atoms with van der Waals surface area (Å²) in [6.07, 6.45) is 4.34. The highest BCUT2D eigenvalue weighted by molar-refractivity contribution is 4.73. The molecule has 1 aliphatic heterocycles. The predicted octanol–water partition coefficient (Wildman–Crippen LogP) is 0.916. The van der Waals surface area contributed by atoms with Crippen LogP contribution in [0.4, 0.5) is 0 Å². The zero-order chi connectivity index (χ0) is 9.52. The van der Waals surface area contributed by atoms with Crippen molar-refractivity contribution in [3.63, 3.8) is 0 Å². The third kappa shape index (κ3) is 4.60. The van der Waals surface area contributed by atoms with E-state index in [9.17, 15) is 0 Å². The van der Waals surface area contributed by atoms with Crippen LogP contribution in [-0.4, -0.2) is 37.0 Å². The minimum Gasteiger partial charge on any atom is -0.396 e. The van der Waals surface area contributed by atoms with Gasteiger partial charge in [0.2, 0.25) is 0 Å². The molecule has 3 nitrogen and oxygen atoms in total. The van der Waals surface area contributed by atoms with E-state index in [2.05, 4.69) is 12.2 Å². The maximum absolute atomic E-state index is 8.67. The van der Waals surface area contributed by atoms with Crippen LogP contribution in [-0.2, 0) is 4.74 Å². The van der Waals surface area contributed by atoms with Crippen LogP contribution in [0.5, 0.6) is 0 Å². The smallest absolute Gasteiger partial charge is 0.0619 e. The van der Waals surface area contributed by atoms with E-state index in [0.717, 1.165) is 26.1 Å². The Kier molecular flexibility index (Phi) is 5.35. The number of aliphatic hydroxyl groups excluding tert-OH is 1. The Morgan fingerprint density at radius 3 is 3.08 bits per heavy atom. The summed E-state index contributed by atoms with van der Waals surface area (Å²) in [5.74, 6) is 0. The Morgan fingerprint density at radius 1 is 1.62 bits per heavy atom. The van der Waals surface area contributed by atoms with Crippen molar-refractivity contribution in [3.05, 3.63) is 0 Å². The number of ether oxygens (including phenoxy) is 1. The number of hydrogen-bond acceptors (Lipinski definition) is 3. The summed E-state index contributed by atoms with van der Waals surface area (Å²) in [6.45, 7) is 4.24. The molecule has 2 N–H and O–H groups in total. The van der Waals surface area contributed by atoms with Crippen molar-refractivity contribution < 1.29 is 9.84 Å².